The number of methoxy groups -OCH3 is 1. The zero-order valence-corrected chi connectivity index (χ0v) is 12.8. The van der Waals surface area contributed by atoms with Crippen LogP contribution >= 0.6 is 11.8 Å². The Morgan fingerprint density at radius 1 is 1.52 bits per heavy atom. The van der Waals surface area contributed by atoms with Crippen LogP contribution in [0, 0.1) is 0 Å². The zero-order valence-electron chi connectivity index (χ0n) is 12.0. The van der Waals surface area contributed by atoms with Gasteiger partial charge in [-0.2, -0.15) is 5.10 Å². The molecule has 2 rings (SSSR count). The lowest BCUT2D eigenvalue weighted by atomic mass is 10.2. The second-order valence-electron chi connectivity index (χ2n) is 4.38. The molecule has 0 aliphatic heterocycles. The summed E-state index contributed by atoms with van der Waals surface area (Å²) in [4.78, 5) is 16.3. The fourth-order valence-electron chi connectivity index (χ4n) is 1.65. The summed E-state index contributed by atoms with van der Waals surface area (Å²) in [5.41, 5.74) is 6.85. The molecule has 0 bridgehead atoms. The van der Waals surface area contributed by atoms with E-state index in [0.29, 0.717) is 22.3 Å². The lowest BCUT2D eigenvalue weighted by Crippen LogP contribution is -2.23. The molecule has 1 heterocycles. The van der Waals surface area contributed by atoms with Gasteiger partial charge in [-0.3, -0.25) is 4.79 Å². The van der Waals surface area contributed by atoms with E-state index < -0.39 is 0 Å². The van der Waals surface area contributed by atoms with E-state index in [0.717, 1.165) is 0 Å². The van der Waals surface area contributed by atoms with Gasteiger partial charge in [0.2, 0.25) is 5.91 Å². The third-order valence-corrected chi connectivity index (χ3v) is 3.95. The highest BCUT2D eigenvalue weighted by atomic mass is 32.2. The van der Waals surface area contributed by atoms with Gasteiger partial charge in [0, 0.05) is 18.8 Å². The van der Waals surface area contributed by atoms with Crippen molar-refractivity contribution in [2.24, 2.45) is 7.05 Å². The molecule has 0 aliphatic rings. The number of rotatable bonds is 5. The van der Waals surface area contributed by atoms with Crippen LogP contribution in [0.3, 0.4) is 0 Å². The largest absolute Gasteiger partial charge is 0.494 e. The molecule has 21 heavy (non-hydrogen) atoms. The zero-order chi connectivity index (χ0) is 15.4. The molecule has 2 aromatic rings. The van der Waals surface area contributed by atoms with Crippen molar-refractivity contribution in [3.8, 4) is 5.75 Å². The molecule has 1 aromatic heterocycles. The van der Waals surface area contributed by atoms with Crippen molar-refractivity contribution in [2.45, 2.75) is 17.3 Å². The number of aromatic nitrogens is 3. The molecule has 112 valence electrons. The van der Waals surface area contributed by atoms with E-state index in [-0.39, 0.29) is 11.2 Å². The minimum Gasteiger partial charge on any atom is -0.494 e. The van der Waals surface area contributed by atoms with Crippen LogP contribution in [-0.4, -0.2) is 33.0 Å². The van der Waals surface area contributed by atoms with Gasteiger partial charge >= 0.3 is 0 Å². The van der Waals surface area contributed by atoms with Crippen molar-refractivity contribution in [1.29, 1.82) is 0 Å². The fraction of sp³-hybridized carbons (Fsp3) is 0.308. The van der Waals surface area contributed by atoms with Crippen LogP contribution in [0.25, 0.3) is 0 Å². The summed E-state index contributed by atoms with van der Waals surface area (Å²) in [6, 6.07) is 5.08. The predicted molar refractivity (Wildman–Crippen MR) is 82.4 cm³/mol. The van der Waals surface area contributed by atoms with Crippen LogP contribution in [0.2, 0.25) is 0 Å². The van der Waals surface area contributed by atoms with E-state index in [2.05, 4.69) is 15.4 Å². The predicted octanol–water partition coefficient (Wildman–Crippen LogP) is 1.53. The third kappa shape index (κ3) is 3.66. The maximum atomic E-state index is 12.2. The SMILES string of the molecule is COc1cc(N)ccc1NC(=O)C(C)Sc1ncnn1C. The molecule has 8 heteroatoms. The number of hydrogen-bond acceptors (Lipinski definition) is 6. The summed E-state index contributed by atoms with van der Waals surface area (Å²) in [6.45, 7) is 1.80. The molecule has 3 N–H and O–H groups in total. The number of thioether (sulfide) groups is 1. The summed E-state index contributed by atoms with van der Waals surface area (Å²) in [5, 5.41) is 7.15. The van der Waals surface area contributed by atoms with Crippen molar-refractivity contribution in [3.63, 3.8) is 0 Å². The van der Waals surface area contributed by atoms with E-state index in [9.17, 15) is 4.79 Å². The number of aryl methyl sites for hydroxylation is 1. The number of ether oxygens (including phenoxy) is 1. The summed E-state index contributed by atoms with van der Waals surface area (Å²) < 4.78 is 6.83. The Morgan fingerprint density at radius 3 is 2.90 bits per heavy atom. The molecule has 0 aliphatic carbocycles. The number of carbonyl (C=O) groups excluding carboxylic acids is 1. The summed E-state index contributed by atoms with van der Waals surface area (Å²) >= 11 is 1.33. The van der Waals surface area contributed by atoms with Crippen LogP contribution in [0.15, 0.2) is 29.7 Å². The Kier molecular flexibility index (Phi) is 4.69. The summed E-state index contributed by atoms with van der Waals surface area (Å²) in [6.07, 6.45) is 1.45. The molecular weight excluding hydrogens is 290 g/mol. The van der Waals surface area contributed by atoms with Crippen molar-refractivity contribution in [2.75, 3.05) is 18.2 Å². The lowest BCUT2D eigenvalue weighted by Gasteiger charge is -2.14. The number of nitrogens with one attached hydrogen (secondary N) is 1. The Bertz CT molecular complexity index is 643. The van der Waals surface area contributed by atoms with Crippen LogP contribution in [0.4, 0.5) is 11.4 Å². The first-order valence-corrected chi connectivity index (χ1v) is 7.14. The number of hydrogen-bond donors (Lipinski definition) is 2. The number of nitrogens with two attached hydrogens (primary N) is 1. The molecule has 0 spiro atoms. The van der Waals surface area contributed by atoms with E-state index in [1.54, 1.807) is 36.9 Å². The van der Waals surface area contributed by atoms with Gasteiger partial charge < -0.3 is 15.8 Å². The van der Waals surface area contributed by atoms with Gasteiger partial charge in [-0.15, -0.1) is 0 Å². The first kappa shape index (κ1) is 15.2. The normalized spacial score (nSPS) is 12.0. The molecule has 0 fully saturated rings. The van der Waals surface area contributed by atoms with Crippen LogP contribution in [0.1, 0.15) is 6.92 Å². The molecule has 0 radical (unpaired) electrons. The van der Waals surface area contributed by atoms with E-state index in [1.807, 2.05) is 0 Å². The molecule has 0 saturated heterocycles. The quantitative estimate of drug-likeness (QED) is 0.642. The molecule has 1 aromatic carbocycles. The fourth-order valence-corrected chi connectivity index (χ4v) is 2.44. The topological polar surface area (TPSA) is 95.1 Å². The van der Waals surface area contributed by atoms with Gasteiger partial charge in [-0.05, 0) is 19.1 Å². The maximum absolute atomic E-state index is 12.2. The molecular formula is C13H17N5O2S. The average molecular weight is 307 g/mol. The lowest BCUT2D eigenvalue weighted by molar-refractivity contribution is -0.115. The van der Waals surface area contributed by atoms with E-state index >= 15 is 0 Å². The number of nitrogen functional groups attached to an aromatic ring is 1. The van der Waals surface area contributed by atoms with E-state index in [4.69, 9.17) is 10.5 Å². The monoisotopic (exact) mass is 307 g/mol. The highest BCUT2D eigenvalue weighted by molar-refractivity contribution is 8.00. The van der Waals surface area contributed by atoms with Crippen LogP contribution < -0.4 is 15.8 Å². The van der Waals surface area contributed by atoms with E-state index in [1.165, 1.54) is 25.2 Å². The number of anilines is 2. The van der Waals surface area contributed by atoms with Gasteiger partial charge in [0.25, 0.3) is 0 Å². The molecule has 1 amide bonds. The van der Waals surface area contributed by atoms with Gasteiger partial charge in [0.1, 0.15) is 12.1 Å². The number of amides is 1. The highest BCUT2D eigenvalue weighted by Crippen LogP contribution is 2.28. The van der Waals surface area contributed by atoms with Crippen molar-refractivity contribution >= 4 is 29.0 Å². The molecule has 7 nitrogen and oxygen atoms in total. The first-order chi connectivity index (χ1) is 10.0. The van der Waals surface area contributed by atoms with Gasteiger partial charge in [0.05, 0.1) is 18.0 Å². The van der Waals surface area contributed by atoms with Crippen LogP contribution in [-0.2, 0) is 11.8 Å². The Morgan fingerprint density at radius 2 is 2.29 bits per heavy atom. The van der Waals surface area contributed by atoms with Crippen molar-refractivity contribution in [1.82, 2.24) is 14.8 Å². The summed E-state index contributed by atoms with van der Waals surface area (Å²) in [5.74, 6) is 0.380. The minimum absolute atomic E-state index is 0.147. The Balaban J connectivity index is 2.05. The summed E-state index contributed by atoms with van der Waals surface area (Å²) in [7, 11) is 3.31. The van der Waals surface area contributed by atoms with Gasteiger partial charge in [0.15, 0.2) is 5.16 Å². The van der Waals surface area contributed by atoms with Crippen LogP contribution in [0.5, 0.6) is 5.75 Å². The second-order valence-corrected chi connectivity index (χ2v) is 5.68. The standard InChI is InChI=1S/C13H17N5O2S/c1-8(21-13-15-7-16-18(13)2)12(19)17-10-5-4-9(14)6-11(10)20-3/h4-8H,14H2,1-3H3,(H,17,19). The Hall–Kier alpha value is -2.22. The number of nitrogens with zero attached hydrogens (tertiary/aromatic N) is 3. The minimum atomic E-state index is -0.324. The smallest absolute Gasteiger partial charge is 0.237 e. The van der Waals surface area contributed by atoms with Crippen molar-refractivity contribution in [3.05, 3.63) is 24.5 Å². The maximum Gasteiger partial charge on any atom is 0.237 e. The highest BCUT2D eigenvalue weighted by Gasteiger charge is 2.18. The van der Waals surface area contributed by atoms with Gasteiger partial charge in [-0.1, -0.05) is 11.8 Å². The van der Waals surface area contributed by atoms with Gasteiger partial charge in [-0.25, -0.2) is 9.67 Å². The Labute approximate surface area is 126 Å². The second kappa shape index (κ2) is 6.49. The molecule has 0 saturated carbocycles. The number of benzene rings is 1. The average Bonchev–Trinajstić information content (AvgIpc) is 2.86. The number of carbonyl (C=O) groups is 1. The molecule has 1 unspecified atom stereocenters. The third-order valence-electron chi connectivity index (χ3n) is 2.80. The van der Waals surface area contributed by atoms with Crippen molar-refractivity contribution < 1.29 is 9.53 Å². The first-order valence-electron chi connectivity index (χ1n) is 6.26. The molecule has 1 atom stereocenters.